The van der Waals surface area contributed by atoms with Crippen molar-refractivity contribution in [1.29, 1.82) is 0 Å². The second kappa shape index (κ2) is 7.55. The van der Waals surface area contributed by atoms with E-state index in [0.717, 1.165) is 19.4 Å². The topological polar surface area (TPSA) is 55.2 Å². The van der Waals surface area contributed by atoms with Gasteiger partial charge in [0.15, 0.2) is 0 Å². The standard InChI is InChI=1S/C13H18BrFN2O2/c1-3-5-10(16-4-2)6-9-7-12(15)11(14)8-13(9)17(18)19/h7-8,10,16H,3-6H2,1-2H3. The summed E-state index contributed by atoms with van der Waals surface area (Å²) < 4.78 is 13.7. The van der Waals surface area contributed by atoms with E-state index in [9.17, 15) is 14.5 Å². The Hall–Kier alpha value is -1.01. The number of likely N-dealkylation sites (N-methyl/N-ethyl adjacent to an activating group) is 1. The smallest absolute Gasteiger partial charge is 0.273 e. The first-order valence-electron chi connectivity index (χ1n) is 6.35. The largest absolute Gasteiger partial charge is 0.314 e. The van der Waals surface area contributed by atoms with Crippen molar-refractivity contribution in [3.63, 3.8) is 0 Å². The van der Waals surface area contributed by atoms with E-state index in [1.54, 1.807) is 0 Å². The minimum atomic E-state index is -0.465. The summed E-state index contributed by atoms with van der Waals surface area (Å²) in [5.74, 6) is -0.465. The Morgan fingerprint density at radius 1 is 1.47 bits per heavy atom. The minimum Gasteiger partial charge on any atom is -0.314 e. The molecule has 0 saturated carbocycles. The Morgan fingerprint density at radius 2 is 2.16 bits per heavy atom. The van der Waals surface area contributed by atoms with Crippen LogP contribution < -0.4 is 5.32 Å². The number of halogens is 2. The number of nitrogens with one attached hydrogen (secondary N) is 1. The van der Waals surface area contributed by atoms with Gasteiger partial charge in [0, 0.05) is 17.7 Å². The van der Waals surface area contributed by atoms with Crippen LogP contribution in [-0.2, 0) is 6.42 Å². The molecule has 0 aromatic heterocycles. The van der Waals surface area contributed by atoms with Gasteiger partial charge in [0.05, 0.1) is 9.40 Å². The number of nitrogens with zero attached hydrogens (tertiary/aromatic N) is 1. The second-order valence-electron chi connectivity index (χ2n) is 4.40. The lowest BCUT2D eigenvalue weighted by molar-refractivity contribution is -0.385. The van der Waals surface area contributed by atoms with E-state index in [1.807, 2.05) is 6.92 Å². The van der Waals surface area contributed by atoms with Gasteiger partial charge in [-0.15, -0.1) is 0 Å². The maximum Gasteiger partial charge on any atom is 0.273 e. The van der Waals surface area contributed by atoms with Gasteiger partial charge in [0.25, 0.3) is 5.69 Å². The monoisotopic (exact) mass is 332 g/mol. The molecule has 1 unspecified atom stereocenters. The lowest BCUT2D eigenvalue weighted by atomic mass is 10.0. The van der Waals surface area contributed by atoms with Crippen molar-refractivity contribution >= 4 is 21.6 Å². The van der Waals surface area contributed by atoms with Crippen LogP contribution in [0.25, 0.3) is 0 Å². The molecule has 4 nitrogen and oxygen atoms in total. The molecule has 1 aromatic carbocycles. The van der Waals surface area contributed by atoms with Crippen molar-refractivity contribution in [3.05, 3.63) is 38.1 Å². The van der Waals surface area contributed by atoms with Crippen molar-refractivity contribution in [2.24, 2.45) is 0 Å². The third-order valence-electron chi connectivity index (χ3n) is 2.91. The predicted octanol–water partition coefficient (Wildman–Crippen LogP) is 3.82. The molecule has 1 atom stereocenters. The fraction of sp³-hybridized carbons (Fsp3) is 0.538. The predicted molar refractivity (Wildman–Crippen MR) is 76.8 cm³/mol. The highest BCUT2D eigenvalue weighted by atomic mass is 79.9. The molecule has 19 heavy (non-hydrogen) atoms. The Kier molecular flexibility index (Phi) is 6.37. The van der Waals surface area contributed by atoms with Gasteiger partial charge in [-0.05, 0) is 41.4 Å². The molecular weight excluding hydrogens is 315 g/mol. The fourth-order valence-electron chi connectivity index (χ4n) is 2.09. The molecule has 0 aliphatic carbocycles. The van der Waals surface area contributed by atoms with Gasteiger partial charge >= 0.3 is 0 Å². The summed E-state index contributed by atoms with van der Waals surface area (Å²) in [6.07, 6.45) is 2.34. The maximum atomic E-state index is 13.6. The van der Waals surface area contributed by atoms with Gasteiger partial charge < -0.3 is 5.32 Å². The summed E-state index contributed by atoms with van der Waals surface area (Å²) in [5.41, 5.74) is 0.400. The normalized spacial score (nSPS) is 12.4. The Labute approximate surface area is 120 Å². The number of hydrogen-bond acceptors (Lipinski definition) is 3. The first-order chi connectivity index (χ1) is 8.99. The molecule has 0 aliphatic heterocycles. The quantitative estimate of drug-likeness (QED) is 0.610. The van der Waals surface area contributed by atoms with Crippen molar-refractivity contribution < 1.29 is 9.31 Å². The van der Waals surface area contributed by atoms with E-state index in [2.05, 4.69) is 28.2 Å². The summed E-state index contributed by atoms with van der Waals surface area (Å²) in [5, 5.41) is 14.3. The molecule has 0 bridgehead atoms. The zero-order valence-electron chi connectivity index (χ0n) is 11.1. The summed E-state index contributed by atoms with van der Waals surface area (Å²) in [7, 11) is 0. The minimum absolute atomic E-state index is 0.0349. The molecule has 106 valence electrons. The number of rotatable bonds is 7. The average Bonchev–Trinajstić information content (AvgIpc) is 2.33. The molecular formula is C13H18BrFN2O2. The molecule has 6 heteroatoms. The molecule has 0 fully saturated rings. The Morgan fingerprint density at radius 3 is 2.68 bits per heavy atom. The summed E-state index contributed by atoms with van der Waals surface area (Å²) in [4.78, 5) is 10.6. The highest BCUT2D eigenvalue weighted by Crippen LogP contribution is 2.28. The van der Waals surface area contributed by atoms with E-state index >= 15 is 0 Å². The van der Waals surface area contributed by atoms with Crippen molar-refractivity contribution in [2.75, 3.05) is 6.54 Å². The van der Waals surface area contributed by atoms with Crippen LogP contribution in [0.1, 0.15) is 32.3 Å². The van der Waals surface area contributed by atoms with Gasteiger partial charge in [0.1, 0.15) is 5.82 Å². The highest BCUT2D eigenvalue weighted by molar-refractivity contribution is 9.10. The lowest BCUT2D eigenvalue weighted by Gasteiger charge is -2.17. The SMILES string of the molecule is CCCC(Cc1cc(F)c(Br)cc1[N+](=O)[O-])NCC. The van der Waals surface area contributed by atoms with Crippen LogP contribution in [0.3, 0.4) is 0 Å². The van der Waals surface area contributed by atoms with Gasteiger partial charge in [-0.1, -0.05) is 20.3 Å². The molecule has 0 spiro atoms. The summed E-state index contributed by atoms with van der Waals surface area (Å²) in [6.45, 7) is 4.83. The van der Waals surface area contributed by atoms with Crippen LogP contribution in [0.15, 0.2) is 16.6 Å². The van der Waals surface area contributed by atoms with Gasteiger partial charge in [-0.3, -0.25) is 10.1 Å². The molecule has 1 aromatic rings. The first kappa shape index (κ1) is 16.0. The van der Waals surface area contributed by atoms with Crippen LogP contribution in [0.5, 0.6) is 0 Å². The van der Waals surface area contributed by atoms with Gasteiger partial charge in [-0.25, -0.2) is 4.39 Å². The number of benzene rings is 1. The van der Waals surface area contributed by atoms with Crippen LogP contribution in [0, 0.1) is 15.9 Å². The van der Waals surface area contributed by atoms with Crippen LogP contribution in [0.2, 0.25) is 0 Å². The molecule has 0 aliphatic rings. The van der Waals surface area contributed by atoms with Crippen molar-refractivity contribution in [1.82, 2.24) is 5.32 Å². The molecule has 0 amide bonds. The van der Waals surface area contributed by atoms with Gasteiger partial charge in [-0.2, -0.15) is 0 Å². The average molecular weight is 333 g/mol. The maximum absolute atomic E-state index is 13.6. The lowest BCUT2D eigenvalue weighted by Crippen LogP contribution is -2.31. The third kappa shape index (κ3) is 4.54. The first-order valence-corrected chi connectivity index (χ1v) is 7.14. The zero-order valence-corrected chi connectivity index (χ0v) is 12.7. The highest BCUT2D eigenvalue weighted by Gasteiger charge is 2.20. The number of nitro groups is 1. The van der Waals surface area contributed by atoms with Crippen LogP contribution in [0.4, 0.5) is 10.1 Å². The fourth-order valence-corrected chi connectivity index (χ4v) is 2.42. The van der Waals surface area contributed by atoms with E-state index in [4.69, 9.17) is 0 Å². The Bertz CT molecular complexity index is 449. The molecule has 1 rings (SSSR count). The Balaban J connectivity index is 3.03. The second-order valence-corrected chi connectivity index (χ2v) is 5.25. The zero-order chi connectivity index (χ0) is 14.4. The number of nitro benzene ring substituents is 1. The van der Waals surface area contributed by atoms with Gasteiger partial charge in [0.2, 0.25) is 0 Å². The number of hydrogen-bond donors (Lipinski definition) is 1. The van der Waals surface area contributed by atoms with Crippen LogP contribution >= 0.6 is 15.9 Å². The third-order valence-corrected chi connectivity index (χ3v) is 3.52. The van der Waals surface area contributed by atoms with E-state index in [0.29, 0.717) is 12.0 Å². The van der Waals surface area contributed by atoms with Crippen molar-refractivity contribution in [2.45, 2.75) is 39.2 Å². The summed E-state index contributed by atoms with van der Waals surface area (Å²) in [6, 6.07) is 2.62. The molecule has 0 heterocycles. The van der Waals surface area contributed by atoms with Crippen molar-refractivity contribution in [3.8, 4) is 0 Å². The molecule has 0 saturated heterocycles. The van der Waals surface area contributed by atoms with E-state index in [1.165, 1.54) is 12.1 Å². The molecule has 1 N–H and O–H groups in total. The van der Waals surface area contributed by atoms with E-state index in [-0.39, 0.29) is 16.2 Å². The van der Waals surface area contributed by atoms with Crippen LogP contribution in [-0.4, -0.2) is 17.5 Å². The summed E-state index contributed by atoms with van der Waals surface area (Å²) >= 11 is 2.98. The van der Waals surface area contributed by atoms with E-state index < -0.39 is 10.7 Å². The molecule has 0 radical (unpaired) electrons.